The lowest BCUT2D eigenvalue weighted by atomic mass is 9.89. The molecule has 2 aromatic heterocycles. The van der Waals surface area contributed by atoms with Crippen molar-refractivity contribution in [3.05, 3.63) is 58.3 Å². The Morgan fingerprint density at radius 1 is 1.02 bits per heavy atom. The summed E-state index contributed by atoms with van der Waals surface area (Å²) in [4.78, 5) is 43.8. The highest BCUT2D eigenvalue weighted by Gasteiger charge is 2.31. The van der Waals surface area contributed by atoms with Gasteiger partial charge in [0, 0.05) is 75.6 Å². The molecule has 0 saturated carbocycles. The van der Waals surface area contributed by atoms with Gasteiger partial charge in [0.15, 0.2) is 0 Å². The van der Waals surface area contributed by atoms with Crippen molar-refractivity contribution in [2.24, 2.45) is 13.0 Å². The highest BCUT2D eigenvalue weighted by Crippen LogP contribution is 2.33. The summed E-state index contributed by atoms with van der Waals surface area (Å²) in [5, 5.41) is 5.72. The maximum Gasteiger partial charge on any atom is 0.329 e. The van der Waals surface area contributed by atoms with Gasteiger partial charge in [-0.25, -0.2) is 4.79 Å². The van der Waals surface area contributed by atoms with E-state index in [1.807, 2.05) is 44.4 Å². The van der Waals surface area contributed by atoms with Crippen LogP contribution in [0.4, 0.5) is 5.69 Å². The number of imidazole rings is 1. The lowest BCUT2D eigenvalue weighted by molar-refractivity contribution is -0.135. The fraction of sp³-hybridized carbons (Fsp3) is 0.500. The van der Waals surface area contributed by atoms with Crippen LogP contribution in [0, 0.1) is 17.8 Å². The number of aryl methyl sites for hydroxylation is 1. The van der Waals surface area contributed by atoms with Crippen molar-refractivity contribution in [3.8, 4) is 11.8 Å². The highest BCUT2D eigenvalue weighted by molar-refractivity contribution is 6.00. The second kappa shape index (κ2) is 12.7. The zero-order valence-electron chi connectivity index (χ0n) is 24.3. The zero-order chi connectivity index (χ0) is 28.9. The molecule has 3 aliphatic heterocycles. The van der Waals surface area contributed by atoms with Crippen molar-refractivity contribution in [1.82, 2.24) is 24.8 Å². The van der Waals surface area contributed by atoms with Crippen molar-refractivity contribution >= 4 is 28.5 Å². The number of piperidine rings is 2. The molecule has 3 fully saturated rings. The highest BCUT2D eigenvalue weighted by atomic mass is 16.2. The maximum atomic E-state index is 13.0. The molecule has 3 aromatic rings. The van der Waals surface area contributed by atoms with E-state index >= 15 is 0 Å². The third kappa shape index (κ3) is 5.94. The number of hydrogen-bond acceptors (Lipinski definition) is 6. The monoisotopic (exact) mass is 556 g/mol. The van der Waals surface area contributed by atoms with Crippen LogP contribution in [0.1, 0.15) is 75.5 Å². The number of carbonyl (C=O) groups is 2. The van der Waals surface area contributed by atoms with Crippen LogP contribution in [0.3, 0.4) is 0 Å². The number of rotatable bonds is 5. The molecule has 1 atom stereocenters. The lowest BCUT2D eigenvalue weighted by Crippen LogP contribution is -2.44. The second-order valence-electron chi connectivity index (χ2n) is 10.9. The minimum absolute atomic E-state index is 0.227. The van der Waals surface area contributed by atoms with Gasteiger partial charge in [-0.1, -0.05) is 25.7 Å². The van der Waals surface area contributed by atoms with Gasteiger partial charge in [0.25, 0.3) is 0 Å². The van der Waals surface area contributed by atoms with Crippen LogP contribution in [-0.2, 0) is 16.6 Å². The average Bonchev–Trinajstić information content (AvgIpc) is 3.21. The van der Waals surface area contributed by atoms with Crippen LogP contribution in [-0.4, -0.2) is 52.1 Å². The Hall–Kier alpha value is -3.90. The van der Waals surface area contributed by atoms with E-state index in [9.17, 15) is 14.4 Å². The topological polar surface area (TPSA) is 101 Å². The third-order valence-electron chi connectivity index (χ3n) is 8.53. The number of anilines is 1. The standard InChI is InChI=1S/C30H34N6O3.C2H6/c1-34-27-16-21(6-7-25(27)36(30(34)39)26-8-9-28(37)33-29(26)38)5-3-2-4-20-11-14-35(15-12-20)24-10-13-31-19-23(24)22-17-32-18-22;1-2/h6-7,10,13,16,19-20,22,26,32H,2,4,8-9,11-12,14-15,17-18H2,1H3,(H,33,37,38);1-2H3. The summed E-state index contributed by atoms with van der Waals surface area (Å²) in [5.74, 6) is 7.15. The summed E-state index contributed by atoms with van der Waals surface area (Å²) in [6.45, 7) is 8.24. The third-order valence-corrected chi connectivity index (χ3v) is 8.53. The molecule has 9 nitrogen and oxygen atoms in total. The number of nitrogens with zero attached hydrogens (tertiary/aromatic N) is 4. The largest absolute Gasteiger partial charge is 0.371 e. The number of fused-ring (bicyclic) bond motifs is 1. The van der Waals surface area contributed by atoms with Crippen molar-refractivity contribution in [1.29, 1.82) is 0 Å². The van der Waals surface area contributed by atoms with Gasteiger partial charge >= 0.3 is 5.69 Å². The average molecular weight is 557 g/mol. The summed E-state index contributed by atoms with van der Waals surface area (Å²) in [6.07, 6.45) is 8.78. The van der Waals surface area contributed by atoms with Gasteiger partial charge in [-0.05, 0) is 61.4 Å². The molecule has 2 amide bonds. The smallest absolute Gasteiger partial charge is 0.329 e. The number of aromatic nitrogens is 3. The molecule has 0 bridgehead atoms. The first-order valence-electron chi connectivity index (χ1n) is 14.9. The van der Waals surface area contributed by atoms with Crippen LogP contribution in [0.5, 0.6) is 0 Å². The Bertz CT molecular complexity index is 1530. The van der Waals surface area contributed by atoms with E-state index in [2.05, 4.69) is 38.4 Å². The molecule has 3 saturated heterocycles. The molecule has 2 N–H and O–H groups in total. The van der Waals surface area contributed by atoms with Gasteiger partial charge < -0.3 is 10.2 Å². The molecule has 216 valence electrons. The summed E-state index contributed by atoms with van der Waals surface area (Å²) >= 11 is 0. The first-order valence-corrected chi connectivity index (χ1v) is 14.9. The summed E-state index contributed by atoms with van der Waals surface area (Å²) < 4.78 is 3.05. The number of nitrogens with one attached hydrogen (secondary N) is 2. The Morgan fingerprint density at radius 2 is 1.80 bits per heavy atom. The zero-order valence-corrected chi connectivity index (χ0v) is 24.3. The predicted molar refractivity (Wildman–Crippen MR) is 161 cm³/mol. The van der Waals surface area contributed by atoms with Gasteiger partial charge in [0.2, 0.25) is 11.8 Å². The van der Waals surface area contributed by atoms with Gasteiger partial charge in [-0.15, -0.1) is 0 Å². The van der Waals surface area contributed by atoms with Gasteiger partial charge in [0.1, 0.15) is 6.04 Å². The van der Waals surface area contributed by atoms with E-state index in [0.29, 0.717) is 23.8 Å². The number of imide groups is 1. The van der Waals surface area contributed by atoms with E-state index in [1.165, 1.54) is 28.7 Å². The van der Waals surface area contributed by atoms with Gasteiger partial charge in [0.05, 0.1) is 11.0 Å². The molecule has 5 heterocycles. The maximum absolute atomic E-state index is 13.0. The molecule has 3 aliphatic rings. The van der Waals surface area contributed by atoms with Gasteiger partial charge in [-0.3, -0.25) is 29.0 Å². The van der Waals surface area contributed by atoms with Crippen molar-refractivity contribution < 1.29 is 9.59 Å². The Labute approximate surface area is 241 Å². The van der Waals surface area contributed by atoms with Crippen LogP contribution >= 0.6 is 0 Å². The summed E-state index contributed by atoms with van der Waals surface area (Å²) in [6, 6.07) is 7.16. The fourth-order valence-electron chi connectivity index (χ4n) is 6.08. The number of hydrogen-bond donors (Lipinski definition) is 2. The molecule has 1 aromatic carbocycles. The molecular formula is C32H40N6O3. The number of benzene rings is 1. The van der Waals surface area contributed by atoms with Crippen LogP contribution in [0.15, 0.2) is 41.5 Å². The molecule has 41 heavy (non-hydrogen) atoms. The van der Waals surface area contributed by atoms with E-state index in [1.54, 1.807) is 11.6 Å². The Balaban J connectivity index is 0.00000165. The number of amides is 2. The number of pyridine rings is 1. The van der Waals surface area contributed by atoms with Crippen LogP contribution < -0.4 is 21.2 Å². The molecule has 0 spiro atoms. The van der Waals surface area contributed by atoms with E-state index in [4.69, 9.17) is 0 Å². The SMILES string of the molecule is CC.Cn1c(=O)n(C2CCC(=O)NC2=O)c2ccc(C#CCCC3CCN(c4ccncc4C4CNC4)CC3)cc21. The summed E-state index contributed by atoms with van der Waals surface area (Å²) in [5.41, 5.74) is 4.73. The van der Waals surface area contributed by atoms with Crippen molar-refractivity contribution in [2.75, 3.05) is 31.1 Å². The molecule has 0 aliphatic carbocycles. The lowest BCUT2D eigenvalue weighted by Gasteiger charge is -2.37. The van der Waals surface area contributed by atoms with Crippen molar-refractivity contribution in [2.45, 2.75) is 64.3 Å². The van der Waals surface area contributed by atoms with Crippen LogP contribution in [0.25, 0.3) is 11.0 Å². The van der Waals surface area contributed by atoms with Gasteiger partial charge in [-0.2, -0.15) is 0 Å². The number of carbonyl (C=O) groups excluding carboxylic acids is 2. The quantitative estimate of drug-likeness (QED) is 0.369. The molecule has 1 unspecified atom stereocenters. The first kappa shape index (κ1) is 28.6. The minimum Gasteiger partial charge on any atom is -0.371 e. The minimum atomic E-state index is -0.678. The summed E-state index contributed by atoms with van der Waals surface area (Å²) in [7, 11) is 1.70. The van der Waals surface area contributed by atoms with E-state index in [0.717, 1.165) is 50.1 Å². The Morgan fingerprint density at radius 3 is 2.51 bits per heavy atom. The van der Waals surface area contributed by atoms with Crippen molar-refractivity contribution in [3.63, 3.8) is 0 Å². The van der Waals surface area contributed by atoms with E-state index in [-0.39, 0.29) is 18.0 Å². The fourth-order valence-corrected chi connectivity index (χ4v) is 6.08. The van der Waals surface area contributed by atoms with E-state index < -0.39 is 11.9 Å². The first-order chi connectivity index (χ1) is 20.0. The molecule has 6 rings (SSSR count). The second-order valence-corrected chi connectivity index (χ2v) is 10.9. The Kier molecular flexibility index (Phi) is 8.89. The molecule has 9 heteroatoms. The van der Waals surface area contributed by atoms with Crippen LogP contribution in [0.2, 0.25) is 0 Å². The molecular weight excluding hydrogens is 516 g/mol. The predicted octanol–water partition coefficient (Wildman–Crippen LogP) is 3.47. The normalized spacial score (nSPS) is 19.6. The molecule has 0 radical (unpaired) electrons.